The lowest BCUT2D eigenvalue weighted by Crippen LogP contribution is -2.28. The van der Waals surface area contributed by atoms with Crippen LogP contribution >= 0.6 is 23.2 Å². The molecule has 0 fully saturated rings. The maximum absolute atomic E-state index is 10.9. The molecule has 0 spiro atoms. The second-order valence-electron chi connectivity index (χ2n) is 7.39. The van der Waals surface area contributed by atoms with Gasteiger partial charge in [-0.25, -0.2) is 9.97 Å². The predicted octanol–water partition coefficient (Wildman–Crippen LogP) is 5.26. The second kappa shape index (κ2) is 11.5. The summed E-state index contributed by atoms with van der Waals surface area (Å²) in [6.07, 6.45) is 3.30. The molecule has 1 aromatic heterocycles. The van der Waals surface area contributed by atoms with Crippen LogP contribution in [0.25, 0.3) is 11.3 Å². The molecule has 0 aliphatic carbocycles. The summed E-state index contributed by atoms with van der Waals surface area (Å²) in [5, 5.41) is 3.87. The molecule has 1 amide bonds. The Balaban J connectivity index is 0.000000323. The normalized spacial score (nSPS) is 13.0. The molecule has 0 saturated carbocycles. The number of hydrogen-bond donors (Lipinski definition) is 2. The van der Waals surface area contributed by atoms with Crippen molar-refractivity contribution in [2.75, 3.05) is 18.9 Å². The van der Waals surface area contributed by atoms with E-state index < -0.39 is 0 Å². The average molecular weight is 467 g/mol. The fourth-order valence-electron chi connectivity index (χ4n) is 3.51. The Morgan fingerprint density at radius 1 is 1.19 bits per heavy atom. The Morgan fingerprint density at radius 2 is 1.90 bits per heavy atom. The van der Waals surface area contributed by atoms with Gasteiger partial charge in [0, 0.05) is 35.7 Å². The molecule has 1 atom stereocenters. The van der Waals surface area contributed by atoms with Gasteiger partial charge >= 0.3 is 0 Å². The molecule has 1 aromatic carbocycles. The molecule has 3 rings (SSSR count). The fourth-order valence-corrected chi connectivity index (χ4v) is 4.16. The molecule has 3 N–H and O–H groups in total. The first-order chi connectivity index (χ1) is 14.8. The third-order valence-electron chi connectivity index (χ3n) is 5.33. The molecule has 1 unspecified atom stereocenters. The van der Waals surface area contributed by atoms with Crippen LogP contribution in [-0.2, 0) is 24.1 Å². The summed E-state index contributed by atoms with van der Waals surface area (Å²) in [4.78, 5) is 19.7. The number of benzene rings is 1. The highest BCUT2D eigenvalue weighted by atomic mass is 35.5. The van der Waals surface area contributed by atoms with Crippen LogP contribution in [0.1, 0.15) is 57.9 Å². The number of rotatable bonds is 6. The molecule has 8 heteroatoms. The van der Waals surface area contributed by atoms with Crippen LogP contribution in [0.4, 0.5) is 5.95 Å². The summed E-state index contributed by atoms with van der Waals surface area (Å²) < 4.78 is 5.64. The van der Waals surface area contributed by atoms with Crippen LogP contribution in [0.3, 0.4) is 0 Å². The highest BCUT2D eigenvalue weighted by Gasteiger charge is 2.26. The third-order valence-corrected chi connectivity index (χ3v) is 5.91. The maximum Gasteiger partial charge on any atom is 0.222 e. The lowest BCUT2D eigenvalue weighted by Gasteiger charge is -2.16. The van der Waals surface area contributed by atoms with E-state index in [2.05, 4.69) is 29.1 Å². The standard InChI is InChI=1S/C16H17Cl2N3O.C7H15NO/c1-3-8-12(4-2)20-16(19)21-14(8)13-9-5-6-22-15(9)11(18)7-10(13)17;1-4-6(3)7(9)8-5-2/h7H,3-6H2,1-2H3,(H2,19,20,21);6H,4-5H2,1-3H3,(H,8,9). The minimum absolute atomic E-state index is 0.167. The van der Waals surface area contributed by atoms with Gasteiger partial charge in [-0.1, -0.05) is 50.9 Å². The van der Waals surface area contributed by atoms with Crippen molar-refractivity contribution in [3.05, 3.63) is 32.9 Å². The number of carbonyl (C=O) groups is 1. The van der Waals surface area contributed by atoms with Crippen LogP contribution < -0.4 is 15.8 Å². The largest absolute Gasteiger partial charge is 0.491 e. The smallest absolute Gasteiger partial charge is 0.222 e. The number of carbonyl (C=O) groups excluding carboxylic acids is 1. The second-order valence-corrected chi connectivity index (χ2v) is 8.20. The topological polar surface area (TPSA) is 90.1 Å². The van der Waals surface area contributed by atoms with Gasteiger partial charge in [-0.05, 0) is 37.8 Å². The Labute approximate surface area is 194 Å². The number of amides is 1. The number of hydrogen-bond acceptors (Lipinski definition) is 5. The number of nitrogens with one attached hydrogen (secondary N) is 1. The van der Waals surface area contributed by atoms with E-state index in [0.717, 1.165) is 60.3 Å². The van der Waals surface area contributed by atoms with Gasteiger partial charge in [0.15, 0.2) is 0 Å². The van der Waals surface area contributed by atoms with E-state index in [4.69, 9.17) is 33.7 Å². The third kappa shape index (κ3) is 5.80. The van der Waals surface area contributed by atoms with E-state index in [-0.39, 0.29) is 17.8 Å². The molecular formula is C23H32Cl2N4O2. The number of nitrogen functional groups attached to an aromatic ring is 1. The zero-order valence-electron chi connectivity index (χ0n) is 18.9. The van der Waals surface area contributed by atoms with Crippen molar-refractivity contribution >= 4 is 35.1 Å². The number of halogens is 2. The fraction of sp³-hybridized carbons (Fsp3) is 0.522. The van der Waals surface area contributed by atoms with Gasteiger partial charge in [0.2, 0.25) is 11.9 Å². The number of nitrogens with two attached hydrogens (primary N) is 1. The molecule has 2 heterocycles. The number of nitrogens with zero attached hydrogens (tertiary/aromatic N) is 2. The van der Waals surface area contributed by atoms with E-state index in [1.54, 1.807) is 6.07 Å². The summed E-state index contributed by atoms with van der Waals surface area (Å²) in [6.45, 7) is 11.4. The number of aryl methyl sites for hydroxylation is 1. The molecule has 1 aliphatic heterocycles. The van der Waals surface area contributed by atoms with Crippen molar-refractivity contribution in [2.45, 2.75) is 60.3 Å². The molecular weight excluding hydrogens is 435 g/mol. The quantitative estimate of drug-likeness (QED) is 0.605. The van der Waals surface area contributed by atoms with Crippen molar-refractivity contribution in [3.63, 3.8) is 0 Å². The van der Waals surface area contributed by atoms with Crippen LogP contribution in [0.2, 0.25) is 10.0 Å². The van der Waals surface area contributed by atoms with E-state index in [0.29, 0.717) is 22.4 Å². The monoisotopic (exact) mass is 466 g/mol. The lowest BCUT2D eigenvalue weighted by atomic mass is 9.96. The zero-order chi connectivity index (χ0) is 23.1. The molecule has 1 aliphatic rings. The first-order valence-corrected chi connectivity index (χ1v) is 11.6. The van der Waals surface area contributed by atoms with E-state index in [9.17, 15) is 4.79 Å². The number of ether oxygens (including phenoxy) is 1. The number of anilines is 1. The Bertz CT molecular complexity index is 935. The SMILES string of the molecule is CCNC(=O)C(C)CC.CCc1nc(N)nc(-c2c(Cl)cc(Cl)c3c2CCO3)c1CC. The molecule has 0 saturated heterocycles. The molecule has 2 aromatic rings. The van der Waals surface area contributed by atoms with Crippen molar-refractivity contribution in [2.24, 2.45) is 5.92 Å². The Morgan fingerprint density at radius 3 is 2.48 bits per heavy atom. The molecule has 31 heavy (non-hydrogen) atoms. The van der Waals surface area contributed by atoms with Crippen LogP contribution in [0.5, 0.6) is 5.75 Å². The van der Waals surface area contributed by atoms with Crippen molar-refractivity contribution in [1.29, 1.82) is 0 Å². The van der Waals surface area contributed by atoms with Gasteiger partial charge in [-0.2, -0.15) is 0 Å². The highest BCUT2D eigenvalue weighted by molar-refractivity contribution is 6.37. The molecule has 0 radical (unpaired) electrons. The number of fused-ring (bicyclic) bond motifs is 1. The summed E-state index contributed by atoms with van der Waals surface area (Å²) >= 11 is 12.7. The minimum Gasteiger partial charge on any atom is -0.491 e. The average Bonchev–Trinajstić information content (AvgIpc) is 3.23. The molecule has 170 valence electrons. The van der Waals surface area contributed by atoms with Gasteiger partial charge < -0.3 is 15.8 Å². The summed E-state index contributed by atoms with van der Waals surface area (Å²) in [7, 11) is 0. The highest BCUT2D eigenvalue weighted by Crippen LogP contribution is 2.45. The Kier molecular flexibility index (Phi) is 9.38. The van der Waals surface area contributed by atoms with E-state index in [1.165, 1.54) is 0 Å². The summed E-state index contributed by atoms with van der Waals surface area (Å²) in [5.74, 6) is 1.31. The van der Waals surface area contributed by atoms with Crippen molar-refractivity contribution in [3.8, 4) is 17.0 Å². The van der Waals surface area contributed by atoms with Gasteiger partial charge in [-0.3, -0.25) is 4.79 Å². The van der Waals surface area contributed by atoms with Gasteiger partial charge in [0.05, 0.1) is 22.3 Å². The summed E-state index contributed by atoms with van der Waals surface area (Å²) in [5.41, 5.74) is 10.6. The summed E-state index contributed by atoms with van der Waals surface area (Å²) in [6, 6.07) is 1.71. The first kappa shape index (κ1) is 25.2. The van der Waals surface area contributed by atoms with Crippen molar-refractivity contribution in [1.82, 2.24) is 15.3 Å². The van der Waals surface area contributed by atoms with E-state index in [1.807, 2.05) is 20.8 Å². The maximum atomic E-state index is 10.9. The van der Waals surface area contributed by atoms with Gasteiger partial charge in [0.25, 0.3) is 0 Å². The van der Waals surface area contributed by atoms with Crippen molar-refractivity contribution < 1.29 is 9.53 Å². The minimum atomic E-state index is 0.167. The predicted molar refractivity (Wildman–Crippen MR) is 128 cm³/mol. The molecule has 6 nitrogen and oxygen atoms in total. The lowest BCUT2D eigenvalue weighted by molar-refractivity contribution is -0.124. The van der Waals surface area contributed by atoms with Crippen LogP contribution in [0.15, 0.2) is 6.07 Å². The first-order valence-electron chi connectivity index (χ1n) is 10.9. The van der Waals surface area contributed by atoms with Crippen LogP contribution in [-0.4, -0.2) is 29.0 Å². The Hall–Kier alpha value is -2.05. The van der Waals surface area contributed by atoms with Crippen LogP contribution in [0, 0.1) is 5.92 Å². The van der Waals surface area contributed by atoms with Gasteiger partial charge in [-0.15, -0.1) is 0 Å². The van der Waals surface area contributed by atoms with Gasteiger partial charge in [0.1, 0.15) is 5.75 Å². The zero-order valence-corrected chi connectivity index (χ0v) is 20.5. The molecule has 0 bridgehead atoms. The van der Waals surface area contributed by atoms with E-state index >= 15 is 0 Å². The number of aromatic nitrogens is 2.